The summed E-state index contributed by atoms with van der Waals surface area (Å²) in [6.07, 6.45) is 16.3. The molecule has 7 nitrogen and oxygen atoms in total. The standard InChI is InChI=1S/2C16H26O.2C14H22O.2C13H20O.C12H18O/c1-15(2,3)12-11-13-7-9-14(10-8-13)17-16(4,5)6;1-15(2,3)11-10-13-8-7-9-14(12-13)17-16(4,5)6;1-5-15-13-8-6-12(7-9-13)10-11-14(2,3)4;1-5-15-13-8-6-7-12(11-13)9-10-14(2,3)4;1-13(2,3)10-9-11-5-7-12(14-4)8-6-11;1-13(2,3)9-8-11-6-5-7-12(10-11)14-4;1-12(2,3)8-7-10-5-4-6-11(13)9-10/h7-10H,11-12H2,1-6H3;7-9,12H,10-11H2,1-6H3;6-9H,5,10-11H2,1-4H3;6-8,11H,5,9-10H2,1-4H3;5-8H,9-10H2,1-4H3;5-7,10H,8-9H2,1-4H3;4-6,9,13H,7-8H2,1-3H3. The molecule has 0 saturated heterocycles. The fraction of sp³-hybridized carbons (Fsp3) is 0.571. The first-order valence-electron chi connectivity index (χ1n) is 39.4. The number of aromatic hydroxyl groups is 1. The van der Waals surface area contributed by atoms with Gasteiger partial charge in [-0.15, -0.1) is 0 Å². The molecule has 0 bridgehead atoms. The number of ether oxygens (including phenoxy) is 6. The molecule has 0 atom stereocenters. The van der Waals surface area contributed by atoms with Crippen molar-refractivity contribution < 1.29 is 33.5 Å². The van der Waals surface area contributed by atoms with Gasteiger partial charge in [-0.25, -0.2) is 0 Å². The zero-order valence-corrected chi connectivity index (χ0v) is 72.9. The van der Waals surface area contributed by atoms with Crippen molar-refractivity contribution in [1.82, 2.24) is 0 Å². The van der Waals surface area contributed by atoms with Gasteiger partial charge in [0.1, 0.15) is 51.4 Å². The van der Waals surface area contributed by atoms with Crippen LogP contribution in [0, 0.1) is 37.9 Å². The third-order valence-electron chi connectivity index (χ3n) is 16.5. The molecule has 0 saturated carbocycles. The average molecular weight is 1440 g/mol. The second kappa shape index (κ2) is 46.4. The third-order valence-corrected chi connectivity index (χ3v) is 16.5. The van der Waals surface area contributed by atoms with Crippen molar-refractivity contribution >= 4 is 0 Å². The highest BCUT2D eigenvalue weighted by Crippen LogP contribution is 2.30. The lowest BCUT2D eigenvalue weighted by Crippen LogP contribution is -2.22. The van der Waals surface area contributed by atoms with Crippen molar-refractivity contribution in [1.29, 1.82) is 0 Å². The Labute approximate surface area is 646 Å². The van der Waals surface area contributed by atoms with Crippen LogP contribution in [0.4, 0.5) is 0 Å². The number of hydrogen-bond donors (Lipinski definition) is 1. The molecule has 7 aromatic rings. The van der Waals surface area contributed by atoms with E-state index in [1.807, 2.05) is 56.3 Å². The third kappa shape index (κ3) is 56.1. The molecule has 0 radical (unpaired) electrons. The summed E-state index contributed by atoms with van der Waals surface area (Å²) in [6.45, 7) is 65.6. The first kappa shape index (κ1) is 96.2. The Bertz CT molecular complexity index is 3360. The quantitative estimate of drug-likeness (QED) is 0.0725. The van der Waals surface area contributed by atoms with Gasteiger partial charge in [-0.05, 0) is 307 Å². The number of aryl methyl sites for hydroxylation is 7. The van der Waals surface area contributed by atoms with E-state index in [4.69, 9.17) is 28.4 Å². The van der Waals surface area contributed by atoms with E-state index in [1.54, 1.807) is 20.3 Å². The van der Waals surface area contributed by atoms with Gasteiger partial charge in [-0.3, -0.25) is 0 Å². The van der Waals surface area contributed by atoms with Gasteiger partial charge in [-0.1, -0.05) is 230 Å². The molecule has 0 aliphatic heterocycles. The molecule has 0 aromatic heterocycles. The van der Waals surface area contributed by atoms with Crippen LogP contribution in [0.25, 0.3) is 0 Å². The molecule has 0 fully saturated rings. The van der Waals surface area contributed by atoms with E-state index in [2.05, 4.69) is 308 Å². The topological polar surface area (TPSA) is 75.6 Å². The Morgan fingerprint density at radius 1 is 0.238 bits per heavy atom. The molecule has 1 N–H and O–H groups in total. The lowest BCUT2D eigenvalue weighted by atomic mass is 9.89. The van der Waals surface area contributed by atoms with Gasteiger partial charge in [0.25, 0.3) is 0 Å². The van der Waals surface area contributed by atoms with Gasteiger partial charge >= 0.3 is 0 Å². The van der Waals surface area contributed by atoms with Gasteiger partial charge in [0.2, 0.25) is 0 Å². The van der Waals surface area contributed by atoms with Crippen LogP contribution in [-0.2, 0) is 44.9 Å². The first-order valence-corrected chi connectivity index (χ1v) is 39.4. The Morgan fingerprint density at radius 2 is 0.476 bits per heavy atom. The van der Waals surface area contributed by atoms with Crippen LogP contribution in [0.5, 0.6) is 40.2 Å². The summed E-state index contributed by atoms with van der Waals surface area (Å²) < 4.78 is 32.9. The van der Waals surface area contributed by atoms with Crippen LogP contribution in [-0.4, -0.2) is 43.7 Å². The van der Waals surface area contributed by atoms with E-state index in [-0.39, 0.29) is 11.2 Å². The van der Waals surface area contributed by atoms with Gasteiger partial charge in [0.05, 0.1) is 27.4 Å². The SMILES string of the molecule is CC(C)(C)CCc1ccc(OC(C)(C)C)cc1.CC(C)(C)CCc1cccc(O)c1.CC(C)(C)CCc1cccc(OC(C)(C)C)c1.CCOc1ccc(CCC(C)(C)C)cc1.CCOc1cccc(CCC(C)(C)C)c1.COc1ccc(CCC(C)(C)C)cc1.COc1cccc(CCC(C)(C)C)c1. The minimum absolute atomic E-state index is 0.118. The van der Waals surface area contributed by atoms with Crippen LogP contribution < -0.4 is 28.4 Å². The summed E-state index contributed by atoms with van der Waals surface area (Å²) in [5.41, 5.74) is 12.0. The van der Waals surface area contributed by atoms with Crippen LogP contribution in [0.1, 0.15) is 285 Å². The summed E-state index contributed by atoms with van der Waals surface area (Å²) >= 11 is 0. The fourth-order valence-electron chi connectivity index (χ4n) is 10.0. The van der Waals surface area contributed by atoms with Gasteiger partial charge in [-0.2, -0.15) is 0 Å². The van der Waals surface area contributed by atoms with Crippen LogP contribution in [0.2, 0.25) is 0 Å². The number of methoxy groups -OCH3 is 2. The zero-order chi connectivity index (χ0) is 79.9. The van der Waals surface area contributed by atoms with Crippen LogP contribution in [0.3, 0.4) is 0 Å². The summed E-state index contributed by atoms with van der Waals surface area (Å²) in [6, 6.07) is 58.0. The first-order chi connectivity index (χ1) is 48.3. The molecule has 7 rings (SSSR count). The molecule has 7 heteroatoms. The monoisotopic (exact) mass is 1440 g/mol. The molecule has 0 aliphatic rings. The minimum Gasteiger partial charge on any atom is -0.508 e. The average Bonchev–Trinajstić information content (AvgIpc) is 0.893. The van der Waals surface area contributed by atoms with Crippen molar-refractivity contribution in [3.8, 4) is 40.2 Å². The number of phenols is 1. The van der Waals surface area contributed by atoms with Gasteiger partial charge in [0.15, 0.2) is 0 Å². The predicted molar refractivity (Wildman–Crippen MR) is 457 cm³/mol. The molecule has 0 amide bonds. The van der Waals surface area contributed by atoms with Gasteiger partial charge in [0, 0.05) is 0 Å². The molecule has 0 unspecified atom stereocenters. The summed E-state index contributed by atoms with van der Waals surface area (Å²) in [5.74, 6) is 6.15. The number of benzene rings is 7. The normalized spacial score (nSPS) is 11.8. The number of phenolic OH excluding ortho intramolecular Hbond substituents is 1. The maximum absolute atomic E-state index is 9.24. The molecule has 0 aliphatic carbocycles. The highest BCUT2D eigenvalue weighted by molar-refractivity contribution is 5.33. The summed E-state index contributed by atoms with van der Waals surface area (Å²) in [4.78, 5) is 0. The van der Waals surface area contributed by atoms with E-state index in [0.29, 0.717) is 43.7 Å². The van der Waals surface area contributed by atoms with E-state index in [0.717, 1.165) is 99.1 Å². The Morgan fingerprint density at radius 3 is 0.771 bits per heavy atom. The molecular formula is C98H154O7. The maximum Gasteiger partial charge on any atom is 0.120 e. The van der Waals surface area contributed by atoms with Crippen LogP contribution in [0.15, 0.2) is 170 Å². The minimum atomic E-state index is -0.122. The number of rotatable bonds is 22. The Kier molecular flexibility index (Phi) is 42.5. The van der Waals surface area contributed by atoms with E-state index >= 15 is 0 Å². The van der Waals surface area contributed by atoms with Crippen molar-refractivity contribution in [3.63, 3.8) is 0 Å². The van der Waals surface area contributed by atoms with Gasteiger partial charge < -0.3 is 33.5 Å². The Balaban J connectivity index is 0.000000614. The summed E-state index contributed by atoms with van der Waals surface area (Å²) in [7, 11) is 3.41. The predicted octanol–water partition coefficient (Wildman–Crippen LogP) is 28.5. The van der Waals surface area contributed by atoms with E-state index in [1.165, 1.54) is 77.5 Å². The highest BCUT2D eigenvalue weighted by Gasteiger charge is 2.18. The zero-order valence-electron chi connectivity index (χ0n) is 72.9. The molecule has 7 aromatic carbocycles. The fourth-order valence-corrected chi connectivity index (χ4v) is 10.0. The molecular weight excluding hydrogens is 1290 g/mol. The maximum atomic E-state index is 9.24. The van der Waals surface area contributed by atoms with Crippen molar-refractivity contribution in [2.75, 3.05) is 27.4 Å². The van der Waals surface area contributed by atoms with E-state index < -0.39 is 0 Å². The smallest absolute Gasteiger partial charge is 0.120 e. The lowest BCUT2D eigenvalue weighted by Gasteiger charge is -2.22. The highest BCUT2D eigenvalue weighted by atomic mass is 16.5. The van der Waals surface area contributed by atoms with E-state index in [9.17, 15) is 5.11 Å². The van der Waals surface area contributed by atoms with Crippen LogP contribution >= 0.6 is 0 Å². The molecule has 588 valence electrons. The number of hydrogen-bond acceptors (Lipinski definition) is 7. The molecule has 0 heterocycles. The van der Waals surface area contributed by atoms with Crippen molar-refractivity contribution in [2.24, 2.45) is 37.9 Å². The molecule has 0 spiro atoms. The largest absolute Gasteiger partial charge is 0.508 e. The lowest BCUT2D eigenvalue weighted by molar-refractivity contribution is 0.130. The van der Waals surface area contributed by atoms with Crippen molar-refractivity contribution in [2.45, 2.75) is 302 Å². The van der Waals surface area contributed by atoms with Crippen molar-refractivity contribution in [3.05, 3.63) is 209 Å². The second-order valence-corrected chi connectivity index (χ2v) is 38.7. The summed E-state index contributed by atoms with van der Waals surface area (Å²) in [5, 5.41) is 9.24. The Hall–Kier alpha value is -6.86. The second-order valence-electron chi connectivity index (χ2n) is 38.7. The molecule has 105 heavy (non-hydrogen) atoms.